The highest BCUT2D eigenvalue weighted by molar-refractivity contribution is 5.99. The molecule has 3 heteroatoms. The van der Waals surface area contributed by atoms with Gasteiger partial charge < -0.3 is 10.6 Å². The molecule has 1 heterocycles. The average Bonchev–Trinajstić information content (AvgIpc) is 2.31. The predicted octanol–water partition coefficient (Wildman–Crippen LogP) is 2.84. The second kappa shape index (κ2) is 4.63. The van der Waals surface area contributed by atoms with Crippen LogP contribution in [0, 0.1) is 12.3 Å². The summed E-state index contributed by atoms with van der Waals surface area (Å²) in [4.78, 5) is 14.4. The Morgan fingerprint density at radius 1 is 1.28 bits per heavy atom. The zero-order valence-electron chi connectivity index (χ0n) is 11.5. The van der Waals surface area contributed by atoms with E-state index < -0.39 is 0 Å². The first-order valence-corrected chi connectivity index (χ1v) is 6.54. The number of anilines is 1. The summed E-state index contributed by atoms with van der Waals surface area (Å²) < 4.78 is 0. The second-order valence-electron chi connectivity index (χ2n) is 6.05. The fourth-order valence-corrected chi connectivity index (χ4v) is 2.34. The molecule has 1 amide bonds. The van der Waals surface area contributed by atoms with Gasteiger partial charge >= 0.3 is 0 Å². The summed E-state index contributed by atoms with van der Waals surface area (Å²) in [5.41, 5.74) is 8.56. The molecule has 0 unspecified atom stereocenters. The van der Waals surface area contributed by atoms with Gasteiger partial charge in [0, 0.05) is 18.8 Å². The van der Waals surface area contributed by atoms with E-state index in [1.807, 2.05) is 30.0 Å². The van der Waals surface area contributed by atoms with Crippen LogP contribution in [0.5, 0.6) is 0 Å². The van der Waals surface area contributed by atoms with Crippen molar-refractivity contribution in [2.45, 2.75) is 33.6 Å². The number of carbonyl (C=O) groups excluding carboxylic acids is 1. The third-order valence-corrected chi connectivity index (χ3v) is 3.84. The first-order valence-electron chi connectivity index (χ1n) is 6.54. The van der Waals surface area contributed by atoms with Gasteiger partial charge in [-0.05, 0) is 37.3 Å². The van der Waals surface area contributed by atoms with Crippen LogP contribution in [0.15, 0.2) is 18.2 Å². The number of nitrogens with zero attached hydrogens (tertiary/aromatic N) is 1. The molecule has 0 aromatic heterocycles. The summed E-state index contributed by atoms with van der Waals surface area (Å²) in [5, 5.41) is 0. The van der Waals surface area contributed by atoms with Crippen molar-refractivity contribution in [2.24, 2.45) is 5.41 Å². The summed E-state index contributed by atoms with van der Waals surface area (Å²) in [6, 6.07) is 5.64. The van der Waals surface area contributed by atoms with Gasteiger partial charge in [0.05, 0.1) is 5.56 Å². The normalized spacial score (nSPS) is 18.7. The topological polar surface area (TPSA) is 46.3 Å². The molecular formula is C15H22N2O. The minimum Gasteiger partial charge on any atom is -0.398 e. The summed E-state index contributed by atoms with van der Waals surface area (Å²) in [7, 11) is 0. The van der Waals surface area contributed by atoms with Crippen molar-refractivity contribution < 1.29 is 4.79 Å². The van der Waals surface area contributed by atoms with Crippen LogP contribution >= 0.6 is 0 Å². The summed E-state index contributed by atoms with van der Waals surface area (Å²) in [6.07, 6.45) is 2.12. The van der Waals surface area contributed by atoms with Gasteiger partial charge in [0.1, 0.15) is 0 Å². The smallest absolute Gasteiger partial charge is 0.255 e. The lowest BCUT2D eigenvalue weighted by atomic mass is 9.82. The molecule has 3 nitrogen and oxygen atoms in total. The molecule has 2 rings (SSSR count). The average molecular weight is 246 g/mol. The van der Waals surface area contributed by atoms with Gasteiger partial charge in [-0.25, -0.2) is 0 Å². The number of likely N-dealkylation sites (tertiary alicyclic amines) is 1. The van der Waals surface area contributed by atoms with Crippen molar-refractivity contribution >= 4 is 11.6 Å². The molecule has 1 aromatic carbocycles. The monoisotopic (exact) mass is 246 g/mol. The van der Waals surface area contributed by atoms with Gasteiger partial charge in [-0.2, -0.15) is 0 Å². The first kappa shape index (κ1) is 12.9. The molecule has 1 saturated heterocycles. The number of rotatable bonds is 1. The Labute approximate surface area is 109 Å². The van der Waals surface area contributed by atoms with Gasteiger partial charge in [-0.1, -0.05) is 25.5 Å². The summed E-state index contributed by atoms with van der Waals surface area (Å²) >= 11 is 0. The Morgan fingerprint density at radius 3 is 2.50 bits per heavy atom. The van der Waals surface area contributed by atoms with Crippen LogP contribution in [-0.2, 0) is 0 Å². The minimum atomic E-state index is 0.0756. The number of hydrogen-bond donors (Lipinski definition) is 1. The van der Waals surface area contributed by atoms with Crippen molar-refractivity contribution in [1.82, 2.24) is 4.90 Å². The molecule has 98 valence electrons. The van der Waals surface area contributed by atoms with Crippen molar-refractivity contribution in [3.63, 3.8) is 0 Å². The fourth-order valence-electron chi connectivity index (χ4n) is 2.34. The first-order chi connectivity index (χ1) is 8.39. The van der Waals surface area contributed by atoms with E-state index in [0.29, 0.717) is 16.7 Å². The van der Waals surface area contributed by atoms with Crippen LogP contribution in [0.3, 0.4) is 0 Å². The molecule has 18 heavy (non-hydrogen) atoms. The molecule has 0 atom stereocenters. The standard InChI is InChI=1S/C15H22N2O/c1-11-4-5-13(16)12(10-11)14(18)17-8-6-15(2,3)7-9-17/h4-5,10H,6-9,16H2,1-3H3. The SMILES string of the molecule is Cc1ccc(N)c(C(=O)N2CCC(C)(C)CC2)c1. The van der Waals surface area contributed by atoms with E-state index in [1.54, 1.807) is 0 Å². The van der Waals surface area contributed by atoms with Gasteiger partial charge in [0.15, 0.2) is 0 Å². The maximum atomic E-state index is 12.4. The third-order valence-electron chi connectivity index (χ3n) is 3.84. The molecule has 0 radical (unpaired) electrons. The Hall–Kier alpha value is -1.51. The minimum absolute atomic E-state index is 0.0756. The number of nitrogens with two attached hydrogens (primary N) is 1. The van der Waals surface area contributed by atoms with E-state index in [1.165, 1.54) is 0 Å². The van der Waals surface area contributed by atoms with Crippen LogP contribution in [0.25, 0.3) is 0 Å². The fraction of sp³-hybridized carbons (Fsp3) is 0.533. The highest BCUT2D eigenvalue weighted by atomic mass is 16.2. The van der Waals surface area contributed by atoms with Gasteiger partial charge in [0.2, 0.25) is 0 Å². The number of aryl methyl sites for hydroxylation is 1. The predicted molar refractivity (Wildman–Crippen MR) is 74.5 cm³/mol. The van der Waals surface area contributed by atoms with E-state index in [2.05, 4.69) is 13.8 Å². The van der Waals surface area contributed by atoms with Crippen molar-refractivity contribution in [3.05, 3.63) is 29.3 Å². The molecule has 0 bridgehead atoms. The molecular weight excluding hydrogens is 224 g/mol. The maximum Gasteiger partial charge on any atom is 0.255 e. The van der Waals surface area contributed by atoms with Crippen LogP contribution in [0.2, 0.25) is 0 Å². The highest BCUT2D eigenvalue weighted by Gasteiger charge is 2.28. The Kier molecular flexibility index (Phi) is 3.33. The zero-order valence-corrected chi connectivity index (χ0v) is 11.5. The van der Waals surface area contributed by atoms with Crippen molar-refractivity contribution in [3.8, 4) is 0 Å². The molecule has 1 fully saturated rings. The third kappa shape index (κ3) is 2.66. The van der Waals surface area contributed by atoms with Crippen LogP contribution in [-0.4, -0.2) is 23.9 Å². The number of piperidine rings is 1. The van der Waals surface area contributed by atoms with E-state index in [4.69, 9.17) is 5.73 Å². The van der Waals surface area contributed by atoms with Crippen LogP contribution in [0.1, 0.15) is 42.6 Å². The number of amides is 1. The Bertz CT molecular complexity index is 456. The highest BCUT2D eigenvalue weighted by Crippen LogP contribution is 2.30. The van der Waals surface area contributed by atoms with Crippen molar-refractivity contribution in [2.75, 3.05) is 18.8 Å². The number of benzene rings is 1. The molecule has 1 aliphatic heterocycles. The molecule has 1 aliphatic rings. The molecule has 0 aliphatic carbocycles. The van der Waals surface area contributed by atoms with Crippen LogP contribution < -0.4 is 5.73 Å². The molecule has 1 aromatic rings. The lowest BCUT2D eigenvalue weighted by molar-refractivity contribution is 0.0631. The lowest BCUT2D eigenvalue weighted by Crippen LogP contribution is -2.41. The molecule has 0 saturated carbocycles. The Morgan fingerprint density at radius 2 is 1.89 bits per heavy atom. The van der Waals surface area contributed by atoms with Gasteiger partial charge in [0.25, 0.3) is 5.91 Å². The summed E-state index contributed by atoms with van der Waals surface area (Å²) in [6.45, 7) is 8.17. The van der Waals surface area contributed by atoms with Gasteiger partial charge in [-0.3, -0.25) is 4.79 Å². The lowest BCUT2D eigenvalue weighted by Gasteiger charge is -2.37. The quantitative estimate of drug-likeness (QED) is 0.774. The second-order valence-corrected chi connectivity index (χ2v) is 6.05. The van der Waals surface area contributed by atoms with E-state index in [9.17, 15) is 4.79 Å². The van der Waals surface area contributed by atoms with E-state index >= 15 is 0 Å². The maximum absolute atomic E-state index is 12.4. The van der Waals surface area contributed by atoms with E-state index in [-0.39, 0.29) is 5.91 Å². The number of nitrogen functional groups attached to an aromatic ring is 1. The van der Waals surface area contributed by atoms with Gasteiger partial charge in [-0.15, -0.1) is 0 Å². The molecule has 2 N–H and O–H groups in total. The van der Waals surface area contributed by atoms with Crippen LogP contribution in [0.4, 0.5) is 5.69 Å². The van der Waals surface area contributed by atoms with E-state index in [0.717, 1.165) is 31.5 Å². The Balaban J connectivity index is 2.15. The number of carbonyl (C=O) groups is 1. The molecule has 0 spiro atoms. The zero-order chi connectivity index (χ0) is 13.3. The van der Waals surface area contributed by atoms with Crippen molar-refractivity contribution in [1.29, 1.82) is 0 Å². The summed E-state index contributed by atoms with van der Waals surface area (Å²) in [5.74, 6) is 0.0756. The largest absolute Gasteiger partial charge is 0.398 e. The number of hydrogen-bond acceptors (Lipinski definition) is 2.